The van der Waals surface area contributed by atoms with Crippen LogP contribution in [0.1, 0.15) is 33.6 Å². The van der Waals surface area contributed by atoms with E-state index in [9.17, 15) is 13.2 Å². The molecule has 4 nitrogen and oxygen atoms in total. The Hall–Kier alpha value is -0.980. The summed E-state index contributed by atoms with van der Waals surface area (Å²) < 4.78 is 37.0. The summed E-state index contributed by atoms with van der Waals surface area (Å²) in [7, 11) is 0. The van der Waals surface area contributed by atoms with Crippen LogP contribution in [0.2, 0.25) is 0 Å². The van der Waals surface area contributed by atoms with Crippen LogP contribution in [0.5, 0.6) is 0 Å². The van der Waals surface area contributed by atoms with Crippen LogP contribution in [0.3, 0.4) is 0 Å². The van der Waals surface area contributed by atoms with Gasteiger partial charge in [0.25, 0.3) is 0 Å². The van der Waals surface area contributed by atoms with E-state index in [1.165, 1.54) is 4.90 Å². The molecule has 0 radical (unpaired) electrons. The van der Waals surface area contributed by atoms with Gasteiger partial charge in [-0.05, 0) is 26.7 Å². The minimum Gasteiger partial charge on any atom is -0.354 e. The van der Waals surface area contributed by atoms with Gasteiger partial charge in [0.15, 0.2) is 5.96 Å². The third-order valence-corrected chi connectivity index (χ3v) is 3.33. The highest BCUT2D eigenvalue weighted by Crippen LogP contribution is 2.19. The molecule has 1 saturated heterocycles. The predicted octanol–water partition coefficient (Wildman–Crippen LogP) is 1.98. The lowest BCUT2D eigenvalue weighted by molar-refractivity contribution is -0.143. The second-order valence-electron chi connectivity index (χ2n) is 5.26. The zero-order valence-electron chi connectivity index (χ0n) is 12.4. The van der Waals surface area contributed by atoms with Gasteiger partial charge in [0, 0.05) is 31.7 Å². The molecule has 20 heavy (non-hydrogen) atoms. The highest BCUT2D eigenvalue weighted by Gasteiger charge is 2.34. The van der Waals surface area contributed by atoms with Crippen molar-refractivity contribution in [2.45, 2.75) is 51.9 Å². The van der Waals surface area contributed by atoms with Crippen molar-refractivity contribution >= 4 is 5.96 Å². The topological polar surface area (TPSA) is 39.7 Å². The predicted molar refractivity (Wildman–Crippen MR) is 74.9 cm³/mol. The molecule has 0 aliphatic carbocycles. The Bertz CT molecular complexity index is 317. The van der Waals surface area contributed by atoms with Gasteiger partial charge in [0.1, 0.15) is 0 Å². The van der Waals surface area contributed by atoms with Gasteiger partial charge in [0.05, 0.1) is 6.54 Å². The fraction of sp³-hybridized carbons (Fsp3) is 0.923. The van der Waals surface area contributed by atoms with Gasteiger partial charge in [-0.1, -0.05) is 6.92 Å². The maximum atomic E-state index is 12.3. The zero-order chi connectivity index (χ0) is 15.2. The van der Waals surface area contributed by atoms with Crippen molar-refractivity contribution in [2.75, 3.05) is 26.2 Å². The minimum atomic E-state index is -4.12. The van der Waals surface area contributed by atoms with Crippen LogP contribution in [0, 0.1) is 0 Å². The van der Waals surface area contributed by atoms with Crippen LogP contribution in [0.15, 0.2) is 4.99 Å². The third-order valence-electron chi connectivity index (χ3n) is 3.33. The van der Waals surface area contributed by atoms with Crippen molar-refractivity contribution in [3.05, 3.63) is 0 Å². The summed E-state index contributed by atoms with van der Waals surface area (Å²) >= 11 is 0. The zero-order valence-corrected chi connectivity index (χ0v) is 12.4. The lowest BCUT2D eigenvalue weighted by Crippen LogP contribution is -2.47. The Kier molecular flexibility index (Phi) is 6.58. The van der Waals surface area contributed by atoms with Crippen molar-refractivity contribution in [1.82, 2.24) is 15.5 Å². The van der Waals surface area contributed by atoms with E-state index >= 15 is 0 Å². The molecule has 1 aliphatic heterocycles. The number of nitrogens with zero attached hydrogens (tertiary/aromatic N) is 2. The molecule has 118 valence electrons. The lowest BCUT2D eigenvalue weighted by Gasteiger charge is -2.21. The standard InChI is InChI=1S/C13H25F3N4/c1-4-10(3)18-12(17-5-2)19-11-6-7-20(8-11)9-13(14,15)16/h10-11H,4-9H2,1-3H3,(H2,17,18,19). The van der Waals surface area contributed by atoms with E-state index in [-0.39, 0.29) is 6.04 Å². The molecule has 1 rings (SSSR count). The van der Waals surface area contributed by atoms with Gasteiger partial charge >= 0.3 is 6.18 Å². The van der Waals surface area contributed by atoms with Crippen LogP contribution >= 0.6 is 0 Å². The maximum Gasteiger partial charge on any atom is 0.401 e. The number of nitrogens with one attached hydrogen (secondary N) is 2. The van der Waals surface area contributed by atoms with E-state index in [1.807, 2.05) is 6.92 Å². The van der Waals surface area contributed by atoms with Gasteiger partial charge < -0.3 is 10.6 Å². The number of alkyl halides is 3. The molecular weight excluding hydrogens is 269 g/mol. The maximum absolute atomic E-state index is 12.3. The molecule has 0 saturated carbocycles. The summed E-state index contributed by atoms with van der Waals surface area (Å²) in [6.07, 6.45) is -2.44. The van der Waals surface area contributed by atoms with Gasteiger partial charge in [-0.2, -0.15) is 13.2 Å². The largest absolute Gasteiger partial charge is 0.401 e. The van der Waals surface area contributed by atoms with Gasteiger partial charge in [-0.15, -0.1) is 0 Å². The van der Waals surface area contributed by atoms with Crippen LogP contribution < -0.4 is 10.6 Å². The first-order valence-corrected chi connectivity index (χ1v) is 7.20. The monoisotopic (exact) mass is 294 g/mol. The lowest BCUT2D eigenvalue weighted by atomic mass is 10.2. The van der Waals surface area contributed by atoms with Crippen LogP contribution in [-0.4, -0.2) is 55.3 Å². The van der Waals surface area contributed by atoms with Crippen molar-refractivity contribution in [3.63, 3.8) is 0 Å². The normalized spacial score (nSPS) is 22.9. The molecule has 0 aromatic rings. The number of rotatable bonds is 5. The SMILES string of the molecule is CCN=C(NC(C)CC)NC1CCN(CC(F)(F)F)C1. The van der Waals surface area contributed by atoms with Gasteiger partial charge in [-0.25, -0.2) is 0 Å². The molecule has 1 heterocycles. The summed E-state index contributed by atoms with van der Waals surface area (Å²) in [5.74, 6) is 0.695. The van der Waals surface area contributed by atoms with Crippen molar-refractivity contribution < 1.29 is 13.2 Å². The summed E-state index contributed by atoms with van der Waals surface area (Å²) in [6.45, 7) is 6.75. The Morgan fingerprint density at radius 2 is 2.10 bits per heavy atom. The molecular formula is C13H25F3N4. The fourth-order valence-corrected chi connectivity index (χ4v) is 2.17. The first-order chi connectivity index (χ1) is 9.34. The smallest absolute Gasteiger partial charge is 0.354 e. The first kappa shape index (κ1) is 17.1. The summed E-state index contributed by atoms with van der Waals surface area (Å²) in [5.41, 5.74) is 0. The van der Waals surface area contributed by atoms with Gasteiger partial charge in [0.2, 0.25) is 0 Å². The Labute approximate surface area is 118 Å². The quantitative estimate of drug-likeness (QED) is 0.601. The van der Waals surface area contributed by atoms with E-state index in [0.29, 0.717) is 38.1 Å². The van der Waals surface area contributed by atoms with E-state index in [1.54, 1.807) is 0 Å². The molecule has 2 N–H and O–H groups in total. The van der Waals surface area contributed by atoms with Crippen molar-refractivity contribution in [2.24, 2.45) is 4.99 Å². The molecule has 2 unspecified atom stereocenters. The summed E-state index contributed by atoms with van der Waals surface area (Å²) in [5, 5.41) is 6.48. The van der Waals surface area contributed by atoms with Crippen molar-refractivity contribution in [3.8, 4) is 0 Å². The highest BCUT2D eigenvalue weighted by atomic mass is 19.4. The molecule has 0 bridgehead atoms. The van der Waals surface area contributed by atoms with E-state index in [4.69, 9.17) is 0 Å². The minimum absolute atomic E-state index is 0.0270. The van der Waals surface area contributed by atoms with Crippen LogP contribution in [0.4, 0.5) is 13.2 Å². The highest BCUT2D eigenvalue weighted by molar-refractivity contribution is 5.80. The van der Waals surface area contributed by atoms with Crippen molar-refractivity contribution in [1.29, 1.82) is 0 Å². The molecule has 0 spiro atoms. The molecule has 2 atom stereocenters. The second kappa shape index (κ2) is 7.71. The first-order valence-electron chi connectivity index (χ1n) is 7.20. The van der Waals surface area contributed by atoms with Crippen LogP contribution in [-0.2, 0) is 0 Å². The number of hydrogen-bond donors (Lipinski definition) is 2. The molecule has 1 aliphatic rings. The Morgan fingerprint density at radius 1 is 1.40 bits per heavy atom. The summed E-state index contributed by atoms with van der Waals surface area (Å²) in [6, 6.07) is 0.319. The average molecular weight is 294 g/mol. The van der Waals surface area contributed by atoms with E-state index in [0.717, 1.165) is 6.42 Å². The Balaban J connectivity index is 2.45. The average Bonchev–Trinajstić information content (AvgIpc) is 2.74. The number of hydrogen-bond acceptors (Lipinski definition) is 2. The molecule has 0 aromatic carbocycles. The Morgan fingerprint density at radius 3 is 2.65 bits per heavy atom. The molecule has 7 heteroatoms. The van der Waals surface area contributed by atoms with E-state index in [2.05, 4.69) is 29.5 Å². The fourth-order valence-electron chi connectivity index (χ4n) is 2.17. The molecule has 0 amide bonds. The van der Waals surface area contributed by atoms with E-state index < -0.39 is 12.7 Å². The summed E-state index contributed by atoms with van der Waals surface area (Å²) in [4.78, 5) is 5.76. The third kappa shape index (κ3) is 6.45. The molecule has 1 fully saturated rings. The number of halogens is 3. The molecule has 0 aromatic heterocycles. The van der Waals surface area contributed by atoms with Crippen LogP contribution in [0.25, 0.3) is 0 Å². The number of guanidine groups is 1. The number of likely N-dealkylation sites (tertiary alicyclic amines) is 1. The van der Waals surface area contributed by atoms with Gasteiger partial charge in [-0.3, -0.25) is 9.89 Å². The second-order valence-corrected chi connectivity index (χ2v) is 5.26. The number of aliphatic imine (C=N–C) groups is 1.